The molecule has 2 aromatic rings. The zero-order valence-electron chi connectivity index (χ0n) is 14.5. The molecule has 0 heterocycles. The van der Waals surface area contributed by atoms with Gasteiger partial charge in [0.15, 0.2) is 0 Å². The molecule has 2 aromatic carbocycles. The molecule has 0 fully saturated rings. The van der Waals surface area contributed by atoms with Crippen molar-refractivity contribution in [3.63, 3.8) is 0 Å². The van der Waals surface area contributed by atoms with E-state index in [1.54, 1.807) is 23.1 Å². The maximum atomic E-state index is 12.4. The molecule has 0 saturated carbocycles. The van der Waals surface area contributed by atoms with Crippen molar-refractivity contribution in [1.29, 1.82) is 0 Å². The highest BCUT2D eigenvalue weighted by atomic mass is 35.5. The minimum Gasteiger partial charge on any atom is -0.508 e. The average Bonchev–Trinajstić information content (AvgIpc) is 2.59. The molecule has 0 atom stereocenters. The number of rotatable bonds is 8. The van der Waals surface area contributed by atoms with Crippen LogP contribution in [0.5, 0.6) is 5.75 Å². The zero-order chi connectivity index (χ0) is 18.1. The van der Waals surface area contributed by atoms with Crippen molar-refractivity contribution >= 4 is 17.7 Å². The first-order chi connectivity index (χ1) is 12.1. The fourth-order valence-corrected chi connectivity index (χ4v) is 2.67. The predicted molar refractivity (Wildman–Crippen MR) is 99.9 cm³/mol. The fourth-order valence-electron chi connectivity index (χ4n) is 2.46. The van der Waals surface area contributed by atoms with Gasteiger partial charge in [0.25, 0.3) is 0 Å². The number of aromatic hydroxyl groups is 1. The van der Waals surface area contributed by atoms with E-state index in [1.165, 1.54) is 0 Å². The topological polar surface area (TPSA) is 49.8 Å². The number of phenols is 1. The van der Waals surface area contributed by atoms with Crippen LogP contribution in [0.15, 0.2) is 48.5 Å². The summed E-state index contributed by atoms with van der Waals surface area (Å²) in [4.78, 5) is 14.1. The first-order valence-electron chi connectivity index (χ1n) is 8.52. The van der Waals surface area contributed by atoms with Gasteiger partial charge < -0.3 is 14.7 Å². The van der Waals surface area contributed by atoms with E-state index < -0.39 is 0 Å². The first-order valence-corrected chi connectivity index (χ1v) is 8.90. The smallest absolute Gasteiger partial charge is 0.410 e. The summed E-state index contributed by atoms with van der Waals surface area (Å²) in [5, 5.41) is 10.3. The molecule has 25 heavy (non-hydrogen) atoms. The van der Waals surface area contributed by atoms with Gasteiger partial charge in [-0.05, 0) is 48.2 Å². The van der Waals surface area contributed by atoms with Crippen molar-refractivity contribution in [3.8, 4) is 5.75 Å². The van der Waals surface area contributed by atoms with E-state index in [0.717, 1.165) is 24.0 Å². The van der Waals surface area contributed by atoms with E-state index in [4.69, 9.17) is 16.3 Å². The van der Waals surface area contributed by atoms with Gasteiger partial charge in [-0.3, -0.25) is 0 Å². The maximum absolute atomic E-state index is 12.4. The van der Waals surface area contributed by atoms with Crippen LogP contribution in [0, 0.1) is 0 Å². The van der Waals surface area contributed by atoms with Gasteiger partial charge in [-0.2, -0.15) is 0 Å². The van der Waals surface area contributed by atoms with Crippen molar-refractivity contribution in [2.45, 2.75) is 32.7 Å². The van der Waals surface area contributed by atoms with Crippen molar-refractivity contribution < 1.29 is 14.6 Å². The van der Waals surface area contributed by atoms with Gasteiger partial charge in [-0.25, -0.2) is 4.79 Å². The molecular weight excluding hydrogens is 338 g/mol. The number of phenolic OH excluding ortho intramolecular Hbond substituents is 1. The Morgan fingerprint density at radius 2 is 1.92 bits per heavy atom. The number of carbonyl (C=O) groups is 1. The minimum atomic E-state index is -0.334. The highest BCUT2D eigenvalue weighted by Gasteiger charge is 2.16. The van der Waals surface area contributed by atoms with E-state index in [1.807, 2.05) is 30.3 Å². The van der Waals surface area contributed by atoms with Crippen molar-refractivity contribution in [3.05, 3.63) is 64.7 Å². The van der Waals surface area contributed by atoms with E-state index in [2.05, 4.69) is 6.92 Å². The molecule has 1 amide bonds. The monoisotopic (exact) mass is 361 g/mol. The lowest BCUT2D eigenvalue weighted by Crippen LogP contribution is -2.33. The molecule has 5 heteroatoms. The standard InChI is InChI=1S/C20H24ClNO3/c1-2-3-12-25-20(24)22(15-17-7-5-9-19(23)14-17)11-10-16-6-4-8-18(21)13-16/h4-9,13-14,23H,2-3,10-12,15H2,1H3. The normalized spacial score (nSPS) is 10.5. The summed E-state index contributed by atoms with van der Waals surface area (Å²) in [6, 6.07) is 14.5. The van der Waals surface area contributed by atoms with Gasteiger partial charge in [-0.15, -0.1) is 0 Å². The average molecular weight is 362 g/mol. The van der Waals surface area contributed by atoms with Gasteiger partial charge in [0, 0.05) is 18.1 Å². The third kappa shape index (κ3) is 6.67. The largest absolute Gasteiger partial charge is 0.508 e. The molecule has 2 rings (SSSR count). The Kier molecular flexibility index (Phi) is 7.61. The number of hydrogen-bond acceptors (Lipinski definition) is 3. The Bertz CT molecular complexity index is 690. The van der Waals surface area contributed by atoms with Crippen LogP contribution in [-0.4, -0.2) is 29.3 Å². The third-order valence-electron chi connectivity index (χ3n) is 3.83. The fraction of sp³-hybridized carbons (Fsp3) is 0.350. The van der Waals surface area contributed by atoms with Crippen LogP contribution in [0.3, 0.4) is 0 Å². The third-order valence-corrected chi connectivity index (χ3v) is 4.06. The van der Waals surface area contributed by atoms with Crippen LogP contribution in [0.4, 0.5) is 4.79 Å². The van der Waals surface area contributed by atoms with Crippen LogP contribution >= 0.6 is 11.6 Å². The Hall–Kier alpha value is -2.20. The lowest BCUT2D eigenvalue weighted by atomic mass is 10.1. The summed E-state index contributed by atoms with van der Waals surface area (Å²) in [6.07, 6.45) is 2.17. The van der Waals surface area contributed by atoms with Crippen LogP contribution < -0.4 is 0 Å². The van der Waals surface area contributed by atoms with Crippen molar-refractivity contribution in [1.82, 2.24) is 4.90 Å². The molecule has 0 saturated heterocycles. The molecule has 0 aromatic heterocycles. The van der Waals surface area contributed by atoms with Gasteiger partial charge in [0.2, 0.25) is 0 Å². The minimum absolute atomic E-state index is 0.187. The molecular formula is C20H24ClNO3. The predicted octanol–water partition coefficient (Wildman–Crippen LogP) is 5.03. The molecule has 0 aliphatic rings. The second-order valence-electron chi connectivity index (χ2n) is 5.94. The number of unbranched alkanes of at least 4 members (excludes halogenated alkanes) is 1. The Labute approximate surface area is 154 Å². The van der Waals surface area contributed by atoms with Crippen molar-refractivity contribution in [2.24, 2.45) is 0 Å². The van der Waals surface area contributed by atoms with Crippen LogP contribution in [-0.2, 0) is 17.7 Å². The quantitative estimate of drug-likeness (QED) is 0.671. The lowest BCUT2D eigenvalue weighted by molar-refractivity contribution is 0.0988. The summed E-state index contributed by atoms with van der Waals surface area (Å²) < 4.78 is 5.36. The van der Waals surface area contributed by atoms with Gasteiger partial charge in [0.1, 0.15) is 5.75 Å². The Morgan fingerprint density at radius 1 is 1.16 bits per heavy atom. The lowest BCUT2D eigenvalue weighted by Gasteiger charge is -2.22. The van der Waals surface area contributed by atoms with Crippen LogP contribution in [0.1, 0.15) is 30.9 Å². The molecule has 0 aliphatic heterocycles. The second kappa shape index (κ2) is 9.94. The molecule has 134 valence electrons. The summed E-state index contributed by atoms with van der Waals surface area (Å²) in [5.41, 5.74) is 1.92. The Morgan fingerprint density at radius 3 is 2.64 bits per heavy atom. The number of benzene rings is 2. The molecule has 0 unspecified atom stereocenters. The van der Waals surface area contributed by atoms with E-state index in [-0.39, 0.29) is 11.8 Å². The van der Waals surface area contributed by atoms with Crippen LogP contribution in [0.25, 0.3) is 0 Å². The highest BCUT2D eigenvalue weighted by Crippen LogP contribution is 2.16. The van der Waals surface area contributed by atoms with E-state index in [9.17, 15) is 9.90 Å². The van der Waals surface area contributed by atoms with Crippen molar-refractivity contribution in [2.75, 3.05) is 13.2 Å². The number of hydrogen-bond donors (Lipinski definition) is 1. The van der Waals surface area contributed by atoms with Gasteiger partial charge in [0.05, 0.1) is 6.61 Å². The number of amides is 1. The number of ether oxygens (including phenoxy) is 1. The van der Waals surface area contributed by atoms with Crippen LogP contribution in [0.2, 0.25) is 5.02 Å². The van der Waals surface area contributed by atoms with E-state index >= 15 is 0 Å². The molecule has 1 N–H and O–H groups in total. The maximum Gasteiger partial charge on any atom is 0.410 e. The first kappa shape index (κ1) is 19.1. The summed E-state index contributed by atoms with van der Waals surface area (Å²) in [6.45, 7) is 3.38. The SMILES string of the molecule is CCCCOC(=O)N(CCc1cccc(Cl)c1)Cc1cccc(O)c1. The second-order valence-corrected chi connectivity index (χ2v) is 6.38. The van der Waals surface area contributed by atoms with Gasteiger partial charge >= 0.3 is 6.09 Å². The number of nitrogens with zero attached hydrogens (tertiary/aromatic N) is 1. The Balaban J connectivity index is 2.03. The number of carbonyl (C=O) groups excluding carboxylic acids is 1. The molecule has 0 spiro atoms. The molecule has 0 aliphatic carbocycles. The molecule has 0 bridgehead atoms. The molecule has 0 radical (unpaired) electrons. The summed E-state index contributed by atoms with van der Waals surface area (Å²) in [7, 11) is 0. The highest BCUT2D eigenvalue weighted by molar-refractivity contribution is 6.30. The van der Waals surface area contributed by atoms with E-state index in [0.29, 0.717) is 31.1 Å². The summed E-state index contributed by atoms with van der Waals surface area (Å²) >= 11 is 6.02. The number of halogens is 1. The summed E-state index contributed by atoms with van der Waals surface area (Å²) in [5.74, 6) is 0.187. The molecule has 4 nitrogen and oxygen atoms in total. The van der Waals surface area contributed by atoms with Gasteiger partial charge in [-0.1, -0.05) is 49.2 Å². The zero-order valence-corrected chi connectivity index (χ0v) is 15.2.